The van der Waals surface area contributed by atoms with Gasteiger partial charge in [0.1, 0.15) is 0 Å². The Labute approximate surface area is 110 Å². The third-order valence-electron chi connectivity index (χ3n) is 3.95. The van der Waals surface area contributed by atoms with Crippen molar-refractivity contribution in [3.63, 3.8) is 0 Å². The summed E-state index contributed by atoms with van der Waals surface area (Å²) in [5.74, 6) is 0.239. The Morgan fingerprint density at radius 1 is 1.28 bits per heavy atom. The molecule has 2 aliphatic heterocycles. The molecule has 0 aliphatic carbocycles. The van der Waals surface area contributed by atoms with E-state index in [9.17, 15) is 8.42 Å². The van der Waals surface area contributed by atoms with Gasteiger partial charge in [0.05, 0.1) is 5.75 Å². The molecule has 106 valence electrons. The van der Waals surface area contributed by atoms with Crippen LogP contribution in [0.25, 0.3) is 0 Å². The highest BCUT2D eigenvalue weighted by Crippen LogP contribution is 2.25. The van der Waals surface area contributed by atoms with Crippen LogP contribution in [0.1, 0.15) is 38.5 Å². The average Bonchev–Trinajstić information content (AvgIpc) is 2.96. The molecule has 0 aromatic carbocycles. The first kappa shape index (κ1) is 14.2. The van der Waals surface area contributed by atoms with Gasteiger partial charge in [-0.15, -0.1) is 0 Å². The maximum Gasteiger partial charge on any atom is 0.215 e. The largest absolute Gasteiger partial charge is 0.396 e. The molecule has 18 heavy (non-hydrogen) atoms. The van der Waals surface area contributed by atoms with Crippen LogP contribution in [-0.4, -0.2) is 55.4 Å². The summed E-state index contributed by atoms with van der Waals surface area (Å²) in [6.45, 7) is 1.74. The Bertz CT molecular complexity index is 352. The summed E-state index contributed by atoms with van der Waals surface area (Å²) in [6.07, 6.45) is 5.42. The standard InChI is InChI=1S/C12H24N2O3S/c15-9-3-6-12-5-2-8-14(12)18(16,17)10-11-4-1-7-13-11/h11-13,15H,1-10H2. The summed E-state index contributed by atoms with van der Waals surface area (Å²) in [7, 11) is -3.13. The molecule has 0 amide bonds. The van der Waals surface area contributed by atoms with Crippen LogP contribution in [0.15, 0.2) is 0 Å². The first-order valence-electron chi connectivity index (χ1n) is 6.97. The van der Waals surface area contributed by atoms with E-state index in [1.54, 1.807) is 4.31 Å². The molecule has 0 saturated carbocycles. The van der Waals surface area contributed by atoms with Crippen molar-refractivity contribution in [2.75, 3.05) is 25.4 Å². The molecule has 2 heterocycles. The van der Waals surface area contributed by atoms with Crippen molar-refractivity contribution in [1.29, 1.82) is 0 Å². The highest BCUT2D eigenvalue weighted by molar-refractivity contribution is 7.89. The lowest BCUT2D eigenvalue weighted by Crippen LogP contribution is -2.42. The Morgan fingerprint density at radius 3 is 2.78 bits per heavy atom. The molecule has 2 N–H and O–H groups in total. The second-order valence-electron chi connectivity index (χ2n) is 5.34. The smallest absolute Gasteiger partial charge is 0.215 e. The van der Waals surface area contributed by atoms with Crippen molar-refractivity contribution in [3.8, 4) is 0 Å². The number of sulfonamides is 1. The van der Waals surface area contributed by atoms with Crippen LogP contribution in [0.2, 0.25) is 0 Å². The van der Waals surface area contributed by atoms with Crippen LogP contribution < -0.4 is 5.32 Å². The molecule has 2 saturated heterocycles. The number of aliphatic hydroxyl groups excluding tert-OH is 1. The van der Waals surface area contributed by atoms with Crippen LogP contribution in [-0.2, 0) is 10.0 Å². The van der Waals surface area contributed by atoms with Crippen LogP contribution in [0, 0.1) is 0 Å². The molecular formula is C12H24N2O3S. The SMILES string of the molecule is O=S(=O)(CC1CCCN1)N1CCCC1CCCO. The maximum atomic E-state index is 12.4. The minimum atomic E-state index is -3.13. The fourth-order valence-electron chi connectivity index (χ4n) is 3.04. The number of nitrogens with zero attached hydrogens (tertiary/aromatic N) is 1. The Balaban J connectivity index is 1.94. The number of aliphatic hydroxyl groups is 1. The molecule has 0 aromatic heterocycles. The van der Waals surface area contributed by atoms with E-state index in [1.807, 2.05) is 0 Å². The Hall–Kier alpha value is -0.170. The molecule has 2 rings (SSSR count). The van der Waals surface area contributed by atoms with Crippen molar-refractivity contribution in [3.05, 3.63) is 0 Å². The van der Waals surface area contributed by atoms with E-state index in [0.29, 0.717) is 13.0 Å². The minimum absolute atomic E-state index is 0.114. The average molecular weight is 276 g/mol. The van der Waals surface area contributed by atoms with E-state index in [0.717, 1.165) is 38.6 Å². The quantitative estimate of drug-likeness (QED) is 0.732. The molecule has 2 unspecified atom stereocenters. The lowest BCUT2D eigenvalue weighted by Gasteiger charge is -2.25. The van der Waals surface area contributed by atoms with Crippen molar-refractivity contribution < 1.29 is 13.5 Å². The van der Waals surface area contributed by atoms with Gasteiger partial charge in [-0.25, -0.2) is 8.42 Å². The first-order valence-corrected chi connectivity index (χ1v) is 8.58. The fraction of sp³-hybridized carbons (Fsp3) is 1.00. The number of hydrogen-bond donors (Lipinski definition) is 2. The predicted octanol–water partition coefficient (Wildman–Crippen LogP) is 0.305. The molecule has 0 aromatic rings. The monoisotopic (exact) mass is 276 g/mol. The Kier molecular flexibility index (Phi) is 5.00. The third kappa shape index (κ3) is 3.44. The highest BCUT2D eigenvalue weighted by atomic mass is 32.2. The fourth-order valence-corrected chi connectivity index (χ4v) is 5.10. The second-order valence-corrected chi connectivity index (χ2v) is 7.31. The van der Waals surface area contributed by atoms with Crippen LogP contribution >= 0.6 is 0 Å². The summed E-state index contributed by atoms with van der Waals surface area (Å²) in [5.41, 5.74) is 0. The van der Waals surface area contributed by atoms with Gasteiger partial charge in [-0.1, -0.05) is 0 Å². The molecule has 2 fully saturated rings. The second kappa shape index (κ2) is 6.32. The van der Waals surface area contributed by atoms with Gasteiger partial charge in [0, 0.05) is 25.2 Å². The lowest BCUT2D eigenvalue weighted by molar-refractivity contribution is 0.264. The maximum absolute atomic E-state index is 12.4. The molecule has 6 heteroatoms. The van der Waals surface area contributed by atoms with E-state index < -0.39 is 10.0 Å². The molecule has 0 radical (unpaired) electrons. The van der Waals surface area contributed by atoms with Gasteiger partial charge >= 0.3 is 0 Å². The van der Waals surface area contributed by atoms with Gasteiger partial charge in [0.15, 0.2) is 0 Å². The lowest BCUT2D eigenvalue weighted by atomic mass is 10.1. The number of hydrogen-bond acceptors (Lipinski definition) is 4. The molecule has 2 aliphatic rings. The number of nitrogens with one attached hydrogen (secondary N) is 1. The van der Waals surface area contributed by atoms with E-state index in [2.05, 4.69) is 5.32 Å². The molecule has 0 bridgehead atoms. The summed E-state index contributed by atoms with van der Waals surface area (Å²) in [6, 6.07) is 0.248. The molecule has 0 spiro atoms. The topological polar surface area (TPSA) is 69.6 Å². The van der Waals surface area contributed by atoms with Gasteiger partial charge in [0.2, 0.25) is 10.0 Å². The van der Waals surface area contributed by atoms with Crippen LogP contribution in [0.5, 0.6) is 0 Å². The van der Waals surface area contributed by atoms with Crippen molar-refractivity contribution in [2.24, 2.45) is 0 Å². The zero-order valence-corrected chi connectivity index (χ0v) is 11.7. The summed E-state index contributed by atoms with van der Waals surface area (Å²) in [5, 5.41) is 12.1. The van der Waals surface area contributed by atoms with Crippen LogP contribution in [0.3, 0.4) is 0 Å². The zero-order valence-electron chi connectivity index (χ0n) is 10.8. The number of rotatable bonds is 6. The van der Waals surface area contributed by atoms with E-state index in [-0.39, 0.29) is 24.4 Å². The minimum Gasteiger partial charge on any atom is -0.396 e. The summed E-state index contributed by atoms with van der Waals surface area (Å²) >= 11 is 0. The van der Waals surface area contributed by atoms with Crippen LogP contribution in [0.4, 0.5) is 0 Å². The van der Waals surface area contributed by atoms with Gasteiger partial charge in [-0.05, 0) is 45.1 Å². The Morgan fingerprint density at radius 2 is 2.11 bits per heavy atom. The van der Waals surface area contributed by atoms with Gasteiger partial charge < -0.3 is 10.4 Å². The zero-order chi connectivity index (χ0) is 13.0. The van der Waals surface area contributed by atoms with Gasteiger partial charge in [-0.3, -0.25) is 0 Å². The summed E-state index contributed by atoms with van der Waals surface area (Å²) in [4.78, 5) is 0. The van der Waals surface area contributed by atoms with Gasteiger partial charge in [0.25, 0.3) is 0 Å². The van der Waals surface area contributed by atoms with E-state index in [4.69, 9.17) is 5.11 Å². The predicted molar refractivity (Wildman–Crippen MR) is 70.9 cm³/mol. The normalized spacial score (nSPS) is 30.1. The van der Waals surface area contributed by atoms with Crippen molar-refractivity contribution >= 4 is 10.0 Å². The molecule has 2 atom stereocenters. The highest BCUT2D eigenvalue weighted by Gasteiger charge is 2.35. The van der Waals surface area contributed by atoms with E-state index in [1.165, 1.54) is 0 Å². The first-order chi connectivity index (χ1) is 8.63. The van der Waals surface area contributed by atoms with Crippen molar-refractivity contribution in [1.82, 2.24) is 9.62 Å². The molecule has 5 nitrogen and oxygen atoms in total. The van der Waals surface area contributed by atoms with Gasteiger partial charge in [-0.2, -0.15) is 4.31 Å². The van der Waals surface area contributed by atoms with E-state index >= 15 is 0 Å². The third-order valence-corrected chi connectivity index (χ3v) is 5.97. The molecular weight excluding hydrogens is 252 g/mol. The van der Waals surface area contributed by atoms with Crippen molar-refractivity contribution in [2.45, 2.75) is 50.6 Å². The summed E-state index contributed by atoms with van der Waals surface area (Å²) < 4.78 is 26.5.